The number of nitrogens with one attached hydrogen (secondary N) is 1. The van der Waals surface area contributed by atoms with Crippen LogP contribution < -0.4 is 5.73 Å². The SMILES string of the molecule is CS(=O)(=O)CCn1c(N)n[nH]c1=S. The molecule has 0 spiro atoms. The number of H-pyrrole nitrogens is 1. The van der Waals surface area contributed by atoms with E-state index in [2.05, 4.69) is 10.2 Å². The molecule has 3 N–H and O–H groups in total. The molecule has 13 heavy (non-hydrogen) atoms. The highest BCUT2D eigenvalue weighted by Gasteiger charge is 2.06. The van der Waals surface area contributed by atoms with Crippen molar-refractivity contribution in [3.05, 3.63) is 4.77 Å². The summed E-state index contributed by atoms with van der Waals surface area (Å²) in [7, 11) is -3.00. The molecular weight excluding hydrogens is 212 g/mol. The summed E-state index contributed by atoms with van der Waals surface area (Å²) >= 11 is 4.83. The van der Waals surface area contributed by atoms with Crippen LogP contribution in [0.5, 0.6) is 0 Å². The van der Waals surface area contributed by atoms with Gasteiger partial charge in [0.2, 0.25) is 5.95 Å². The zero-order chi connectivity index (χ0) is 10.1. The minimum absolute atomic E-state index is 0.00500. The average molecular weight is 222 g/mol. The Bertz CT molecular complexity index is 443. The number of nitrogens with zero attached hydrogens (tertiary/aromatic N) is 2. The minimum atomic E-state index is -3.00. The Balaban J connectivity index is 2.82. The molecule has 0 atom stereocenters. The fraction of sp³-hybridized carbons (Fsp3) is 0.600. The van der Waals surface area contributed by atoms with Gasteiger partial charge < -0.3 is 5.73 Å². The van der Waals surface area contributed by atoms with E-state index in [4.69, 9.17) is 18.0 Å². The first-order valence-electron chi connectivity index (χ1n) is 3.48. The molecule has 0 aromatic carbocycles. The highest BCUT2D eigenvalue weighted by Crippen LogP contribution is 1.99. The largest absolute Gasteiger partial charge is 0.368 e. The third-order valence-electron chi connectivity index (χ3n) is 1.47. The maximum absolute atomic E-state index is 10.8. The fourth-order valence-corrected chi connectivity index (χ4v) is 1.55. The molecule has 0 radical (unpaired) electrons. The van der Waals surface area contributed by atoms with Crippen LogP contribution in [0.15, 0.2) is 0 Å². The molecule has 0 bridgehead atoms. The fourth-order valence-electron chi connectivity index (χ4n) is 0.803. The first-order chi connectivity index (χ1) is 5.90. The van der Waals surface area contributed by atoms with E-state index in [9.17, 15) is 8.42 Å². The molecule has 74 valence electrons. The van der Waals surface area contributed by atoms with E-state index >= 15 is 0 Å². The highest BCUT2D eigenvalue weighted by atomic mass is 32.2. The smallest absolute Gasteiger partial charge is 0.220 e. The van der Waals surface area contributed by atoms with Crippen LogP contribution in [0.1, 0.15) is 0 Å². The molecule has 0 aliphatic rings. The van der Waals surface area contributed by atoms with Crippen molar-refractivity contribution >= 4 is 28.0 Å². The number of anilines is 1. The molecule has 1 aromatic heterocycles. The maximum atomic E-state index is 10.8. The summed E-state index contributed by atoms with van der Waals surface area (Å²) in [6.45, 7) is 0.236. The van der Waals surface area contributed by atoms with Crippen molar-refractivity contribution in [1.82, 2.24) is 14.8 Å². The van der Waals surface area contributed by atoms with E-state index in [1.807, 2.05) is 0 Å². The lowest BCUT2D eigenvalue weighted by Crippen LogP contribution is -2.13. The molecular formula is C5H10N4O2S2. The zero-order valence-corrected chi connectivity index (χ0v) is 8.65. The van der Waals surface area contributed by atoms with Crippen molar-refractivity contribution in [1.29, 1.82) is 0 Å². The van der Waals surface area contributed by atoms with Crippen molar-refractivity contribution in [2.24, 2.45) is 0 Å². The number of hydrogen-bond donors (Lipinski definition) is 2. The van der Waals surface area contributed by atoms with Crippen LogP contribution in [0.2, 0.25) is 0 Å². The van der Waals surface area contributed by atoms with Gasteiger partial charge in [0.25, 0.3) is 0 Å². The van der Waals surface area contributed by atoms with Crippen molar-refractivity contribution in [2.75, 3.05) is 17.7 Å². The van der Waals surface area contributed by atoms with E-state index < -0.39 is 9.84 Å². The van der Waals surface area contributed by atoms with Gasteiger partial charge in [-0.25, -0.2) is 13.5 Å². The first-order valence-corrected chi connectivity index (χ1v) is 5.95. The third-order valence-corrected chi connectivity index (χ3v) is 2.71. The van der Waals surface area contributed by atoms with Crippen molar-refractivity contribution in [3.8, 4) is 0 Å². The predicted octanol–water partition coefficient (Wildman–Crippen LogP) is -0.433. The van der Waals surface area contributed by atoms with Crippen LogP contribution in [0.3, 0.4) is 0 Å². The summed E-state index contributed by atoms with van der Waals surface area (Å²) in [4.78, 5) is 0. The number of aromatic nitrogens is 3. The molecule has 1 heterocycles. The van der Waals surface area contributed by atoms with Crippen LogP contribution in [0.4, 0.5) is 5.95 Å². The summed E-state index contributed by atoms with van der Waals surface area (Å²) in [6.07, 6.45) is 1.16. The normalized spacial score (nSPS) is 11.8. The van der Waals surface area contributed by atoms with Crippen LogP contribution >= 0.6 is 12.2 Å². The van der Waals surface area contributed by atoms with Gasteiger partial charge in [0.15, 0.2) is 4.77 Å². The summed E-state index contributed by atoms with van der Waals surface area (Å²) in [5.74, 6) is 0.207. The number of hydrogen-bond acceptors (Lipinski definition) is 5. The van der Waals surface area contributed by atoms with Gasteiger partial charge in [-0.2, -0.15) is 0 Å². The number of aromatic amines is 1. The number of nitrogen functional groups attached to an aromatic ring is 1. The first kappa shape index (κ1) is 10.2. The van der Waals surface area contributed by atoms with E-state index in [0.717, 1.165) is 6.26 Å². The molecule has 0 fully saturated rings. The highest BCUT2D eigenvalue weighted by molar-refractivity contribution is 7.90. The summed E-state index contributed by atoms with van der Waals surface area (Å²) in [6, 6.07) is 0. The van der Waals surface area contributed by atoms with Gasteiger partial charge in [0, 0.05) is 12.8 Å². The second-order valence-electron chi connectivity index (χ2n) is 2.67. The van der Waals surface area contributed by atoms with Gasteiger partial charge >= 0.3 is 0 Å². The molecule has 0 aliphatic carbocycles. The van der Waals surface area contributed by atoms with Crippen molar-refractivity contribution in [2.45, 2.75) is 6.54 Å². The van der Waals surface area contributed by atoms with Gasteiger partial charge in [0.1, 0.15) is 9.84 Å². The van der Waals surface area contributed by atoms with Crippen molar-refractivity contribution in [3.63, 3.8) is 0 Å². The standard InChI is InChI=1S/C5H10N4O2S2/c1-13(10,11)3-2-9-4(6)7-8-5(9)12/h2-3H2,1H3,(H2,6,7)(H,8,12). The molecule has 8 heteroatoms. The van der Waals surface area contributed by atoms with Crippen molar-refractivity contribution < 1.29 is 8.42 Å². The van der Waals surface area contributed by atoms with Crippen LogP contribution in [0.25, 0.3) is 0 Å². The second-order valence-corrected chi connectivity index (χ2v) is 5.31. The Labute approximate surface area is 80.7 Å². The third kappa shape index (κ3) is 2.81. The van der Waals surface area contributed by atoms with Gasteiger partial charge in [-0.1, -0.05) is 0 Å². The number of nitrogens with two attached hydrogens (primary N) is 1. The summed E-state index contributed by atoms with van der Waals surface area (Å²) in [5.41, 5.74) is 5.43. The molecule has 0 aliphatic heterocycles. The Kier molecular flexibility index (Phi) is 2.71. The quantitative estimate of drug-likeness (QED) is 0.677. The van der Waals surface area contributed by atoms with E-state index in [1.54, 1.807) is 0 Å². The predicted molar refractivity (Wildman–Crippen MR) is 51.5 cm³/mol. The average Bonchev–Trinajstić information content (AvgIpc) is 2.27. The lowest BCUT2D eigenvalue weighted by atomic mass is 10.7. The molecule has 0 amide bonds. The molecule has 0 unspecified atom stereocenters. The van der Waals surface area contributed by atoms with Gasteiger partial charge in [-0.3, -0.25) is 4.57 Å². The topological polar surface area (TPSA) is 93.8 Å². The Hall–Kier alpha value is -0.890. The van der Waals surface area contributed by atoms with Crippen LogP contribution in [-0.4, -0.2) is 35.2 Å². The van der Waals surface area contributed by atoms with Gasteiger partial charge in [-0.15, -0.1) is 5.10 Å². The van der Waals surface area contributed by atoms with E-state index in [0.29, 0.717) is 4.77 Å². The zero-order valence-electron chi connectivity index (χ0n) is 7.02. The molecule has 6 nitrogen and oxygen atoms in total. The monoisotopic (exact) mass is 222 g/mol. The molecule has 1 rings (SSSR count). The lowest BCUT2D eigenvalue weighted by Gasteiger charge is -2.01. The van der Waals surface area contributed by atoms with Gasteiger partial charge in [-0.05, 0) is 12.2 Å². The summed E-state index contributed by atoms with van der Waals surface area (Å²) in [5, 5.41) is 6.11. The van der Waals surface area contributed by atoms with E-state index in [-0.39, 0.29) is 18.2 Å². The number of sulfone groups is 1. The second kappa shape index (κ2) is 3.46. The minimum Gasteiger partial charge on any atom is -0.368 e. The van der Waals surface area contributed by atoms with E-state index in [1.165, 1.54) is 4.57 Å². The van der Waals surface area contributed by atoms with Crippen LogP contribution in [0, 0.1) is 4.77 Å². The summed E-state index contributed by atoms with van der Waals surface area (Å²) < 4.78 is 23.4. The maximum Gasteiger partial charge on any atom is 0.220 e. The van der Waals surface area contributed by atoms with Gasteiger partial charge in [0.05, 0.1) is 5.75 Å². The number of rotatable bonds is 3. The molecule has 0 saturated heterocycles. The molecule has 1 aromatic rings. The Morgan fingerprint density at radius 2 is 2.31 bits per heavy atom. The molecule has 0 saturated carbocycles. The lowest BCUT2D eigenvalue weighted by molar-refractivity contribution is 0.594. The Morgan fingerprint density at radius 1 is 1.69 bits per heavy atom. The van der Waals surface area contributed by atoms with Crippen LogP contribution in [-0.2, 0) is 16.4 Å². The Morgan fingerprint density at radius 3 is 2.69 bits per heavy atom.